The van der Waals surface area contributed by atoms with Crippen LogP contribution in [0.25, 0.3) is 17.4 Å². The summed E-state index contributed by atoms with van der Waals surface area (Å²) in [5.41, 5.74) is 1.15. The molecule has 0 aliphatic carbocycles. The van der Waals surface area contributed by atoms with Crippen molar-refractivity contribution in [2.24, 2.45) is 4.99 Å². The van der Waals surface area contributed by atoms with Gasteiger partial charge in [0.15, 0.2) is 4.80 Å². The maximum atomic E-state index is 13.9. The predicted molar refractivity (Wildman–Crippen MR) is 154 cm³/mol. The number of allylic oxidation sites excluding steroid dienone is 1. The van der Waals surface area contributed by atoms with Crippen molar-refractivity contribution in [1.82, 2.24) is 4.57 Å². The number of para-hydroxylation sites is 1. The third kappa shape index (κ3) is 5.33. The molecular formula is C29H24ClN3O7S. The summed E-state index contributed by atoms with van der Waals surface area (Å²) < 4.78 is 18.9. The number of carbonyl (C=O) groups excluding carboxylic acids is 1. The first-order valence-corrected chi connectivity index (χ1v) is 13.9. The first kappa shape index (κ1) is 28.1. The van der Waals surface area contributed by atoms with E-state index in [2.05, 4.69) is 4.99 Å². The van der Waals surface area contributed by atoms with Crippen LogP contribution in [0.1, 0.15) is 38.1 Å². The van der Waals surface area contributed by atoms with Gasteiger partial charge in [0.25, 0.3) is 11.2 Å². The Morgan fingerprint density at radius 3 is 2.71 bits per heavy atom. The minimum absolute atomic E-state index is 0.129. The van der Waals surface area contributed by atoms with Crippen LogP contribution in [0.3, 0.4) is 0 Å². The number of hydrogen-bond acceptors (Lipinski definition) is 9. The molecule has 3 heterocycles. The van der Waals surface area contributed by atoms with Gasteiger partial charge < -0.3 is 13.9 Å². The van der Waals surface area contributed by atoms with E-state index in [4.69, 9.17) is 25.5 Å². The van der Waals surface area contributed by atoms with Crippen LogP contribution in [0, 0.1) is 10.1 Å². The zero-order chi connectivity index (χ0) is 29.3. The Balaban J connectivity index is 1.65. The van der Waals surface area contributed by atoms with Crippen molar-refractivity contribution in [3.8, 4) is 17.1 Å². The largest absolute Gasteiger partial charge is 0.494 e. The van der Waals surface area contributed by atoms with Gasteiger partial charge in [-0.15, -0.1) is 0 Å². The quantitative estimate of drug-likeness (QED) is 0.159. The van der Waals surface area contributed by atoms with E-state index < -0.39 is 16.9 Å². The molecule has 4 aromatic rings. The molecule has 2 aromatic heterocycles. The minimum atomic E-state index is -0.828. The van der Waals surface area contributed by atoms with Crippen LogP contribution in [-0.4, -0.2) is 28.7 Å². The van der Waals surface area contributed by atoms with Crippen molar-refractivity contribution < 1.29 is 23.6 Å². The molecule has 0 N–H and O–H groups in total. The number of ether oxygens (including phenoxy) is 2. The summed E-state index contributed by atoms with van der Waals surface area (Å²) in [4.78, 5) is 42.7. The van der Waals surface area contributed by atoms with Gasteiger partial charge in [0.1, 0.15) is 23.3 Å². The number of halogens is 1. The van der Waals surface area contributed by atoms with Crippen molar-refractivity contribution in [2.45, 2.75) is 26.8 Å². The van der Waals surface area contributed by atoms with E-state index in [0.29, 0.717) is 50.0 Å². The standard InChI is InChI=1S/C29H24ClN3O7S/c1-4-38-22-9-7-6-8-19(22)26-25(28(35)39-5-2)16(3)31-29-32(26)27(34)24(41-29)15-18-11-13-23(40-18)20-14-17(33(36)37)10-12-21(20)30/h6-15,26H,4-5H2,1-3H3/b24-15-/t26-/m1/s1. The maximum absolute atomic E-state index is 13.9. The first-order valence-electron chi connectivity index (χ1n) is 12.7. The predicted octanol–water partition coefficient (Wildman–Crippen LogP) is 5.02. The second-order valence-electron chi connectivity index (χ2n) is 8.90. The molecule has 0 spiro atoms. The molecule has 41 heavy (non-hydrogen) atoms. The summed E-state index contributed by atoms with van der Waals surface area (Å²) in [6, 6.07) is 13.7. The molecule has 0 saturated carbocycles. The molecule has 1 aliphatic heterocycles. The molecule has 12 heteroatoms. The zero-order valence-corrected chi connectivity index (χ0v) is 23.8. The number of aromatic nitrogens is 1. The van der Waals surface area contributed by atoms with E-state index >= 15 is 0 Å². The number of esters is 1. The zero-order valence-electron chi connectivity index (χ0n) is 22.3. The van der Waals surface area contributed by atoms with Crippen LogP contribution in [-0.2, 0) is 9.53 Å². The molecule has 0 radical (unpaired) electrons. The van der Waals surface area contributed by atoms with Gasteiger partial charge in [-0.2, -0.15) is 0 Å². The topological polar surface area (TPSA) is 126 Å². The minimum Gasteiger partial charge on any atom is -0.494 e. The first-order chi connectivity index (χ1) is 19.7. The molecular weight excluding hydrogens is 570 g/mol. The number of benzene rings is 2. The van der Waals surface area contributed by atoms with E-state index in [1.807, 2.05) is 25.1 Å². The summed E-state index contributed by atoms with van der Waals surface area (Å²) >= 11 is 7.42. The van der Waals surface area contributed by atoms with Gasteiger partial charge in [0.2, 0.25) is 0 Å². The summed E-state index contributed by atoms with van der Waals surface area (Å²) in [5.74, 6) is 0.613. The molecule has 210 valence electrons. The van der Waals surface area contributed by atoms with E-state index in [9.17, 15) is 19.7 Å². The number of nitro benzene ring substituents is 1. The second kappa shape index (κ2) is 11.6. The Hall–Kier alpha value is -4.48. The number of nitrogens with zero attached hydrogens (tertiary/aromatic N) is 3. The van der Waals surface area contributed by atoms with Crippen molar-refractivity contribution in [2.75, 3.05) is 13.2 Å². The molecule has 0 fully saturated rings. The van der Waals surface area contributed by atoms with Crippen LogP contribution in [0.15, 0.2) is 80.1 Å². The molecule has 10 nitrogen and oxygen atoms in total. The lowest BCUT2D eigenvalue weighted by molar-refractivity contribution is -0.384. The summed E-state index contributed by atoms with van der Waals surface area (Å²) in [5, 5.41) is 11.5. The maximum Gasteiger partial charge on any atom is 0.338 e. The van der Waals surface area contributed by atoms with E-state index in [-0.39, 0.29) is 28.4 Å². The molecule has 1 aliphatic rings. The number of nitro groups is 1. The van der Waals surface area contributed by atoms with Crippen molar-refractivity contribution in [3.05, 3.63) is 112 Å². The Morgan fingerprint density at radius 1 is 1.20 bits per heavy atom. The van der Waals surface area contributed by atoms with Gasteiger partial charge in [-0.05, 0) is 45.0 Å². The van der Waals surface area contributed by atoms with Gasteiger partial charge in [0, 0.05) is 29.3 Å². The molecule has 2 aromatic carbocycles. The third-order valence-corrected chi connectivity index (χ3v) is 7.67. The van der Waals surface area contributed by atoms with E-state index in [0.717, 1.165) is 11.3 Å². The second-order valence-corrected chi connectivity index (χ2v) is 10.3. The van der Waals surface area contributed by atoms with Crippen molar-refractivity contribution >= 4 is 40.7 Å². The fourth-order valence-electron chi connectivity index (χ4n) is 4.60. The normalized spacial score (nSPS) is 14.9. The monoisotopic (exact) mass is 593 g/mol. The van der Waals surface area contributed by atoms with Crippen LogP contribution in [0.5, 0.6) is 5.75 Å². The Bertz CT molecular complexity index is 1890. The molecule has 0 unspecified atom stereocenters. The molecule has 0 amide bonds. The van der Waals surface area contributed by atoms with Crippen LogP contribution in [0.4, 0.5) is 5.69 Å². The number of fused-ring (bicyclic) bond motifs is 1. The SMILES string of the molecule is CCOC(=O)C1=C(C)N=c2s/c(=C\c3ccc(-c4cc([N+](=O)[O-])ccc4Cl)o3)c(=O)n2[C@@H]1c1ccccc1OCC. The van der Waals surface area contributed by atoms with Gasteiger partial charge in [-0.1, -0.05) is 41.1 Å². The number of carbonyl (C=O) groups is 1. The van der Waals surface area contributed by atoms with Gasteiger partial charge in [-0.25, -0.2) is 9.79 Å². The van der Waals surface area contributed by atoms with Crippen molar-refractivity contribution in [3.63, 3.8) is 0 Å². The highest BCUT2D eigenvalue weighted by Gasteiger charge is 2.35. The Morgan fingerprint density at radius 2 is 1.98 bits per heavy atom. The summed E-state index contributed by atoms with van der Waals surface area (Å²) in [6.45, 7) is 5.83. The van der Waals surface area contributed by atoms with Crippen LogP contribution >= 0.6 is 22.9 Å². The lowest BCUT2D eigenvalue weighted by Crippen LogP contribution is -2.40. The molecule has 1 atom stereocenters. The Kier molecular flexibility index (Phi) is 7.91. The van der Waals surface area contributed by atoms with Gasteiger partial charge in [-0.3, -0.25) is 19.5 Å². The fourth-order valence-corrected chi connectivity index (χ4v) is 5.84. The lowest BCUT2D eigenvalue weighted by atomic mass is 9.95. The van der Waals surface area contributed by atoms with Gasteiger partial charge >= 0.3 is 5.97 Å². The number of hydrogen-bond donors (Lipinski definition) is 0. The highest BCUT2D eigenvalue weighted by molar-refractivity contribution is 7.07. The summed E-state index contributed by atoms with van der Waals surface area (Å²) in [7, 11) is 0. The van der Waals surface area contributed by atoms with E-state index in [1.165, 1.54) is 22.8 Å². The third-order valence-electron chi connectivity index (χ3n) is 6.36. The highest BCUT2D eigenvalue weighted by Crippen LogP contribution is 2.36. The summed E-state index contributed by atoms with van der Waals surface area (Å²) in [6.07, 6.45) is 1.56. The van der Waals surface area contributed by atoms with Crippen LogP contribution < -0.4 is 19.6 Å². The highest BCUT2D eigenvalue weighted by atomic mass is 35.5. The van der Waals surface area contributed by atoms with E-state index in [1.54, 1.807) is 38.1 Å². The number of rotatable bonds is 8. The fraction of sp³-hybridized carbons (Fsp3) is 0.207. The molecule has 5 rings (SSSR count). The van der Waals surface area contributed by atoms with Crippen molar-refractivity contribution in [1.29, 1.82) is 0 Å². The number of furan rings is 1. The van der Waals surface area contributed by atoms with Gasteiger partial charge in [0.05, 0.1) is 39.0 Å². The lowest BCUT2D eigenvalue weighted by Gasteiger charge is -2.26. The average Bonchev–Trinajstić information content (AvgIpc) is 3.53. The molecule has 0 saturated heterocycles. The van der Waals surface area contributed by atoms with Crippen LogP contribution in [0.2, 0.25) is 5.02 Å². The number of thiazole rings is 1. The smallest absolute Gasteiger partial charge is 0.338 e. The average molecular weight is 594 g/mol. The molecule has 0 bridgehead atoms. The number of non-ortho nitro benzene ring substituents is 1. The Labute approximate surface area is 242 Å².